The third-order valence-electron chi connectivity index (χ3n) is 6.27. The highest BCUT2D eigenvalue weighted by atomic mass is 35.5. The Hall–Kier alpha value is -3.43. The second-order valence-corrected chi connectivity index (χ2v) is 12.8. The Balaban J connectivity index is 2.10. The van der Waals surface area contributed by atoms with Crippen LogP contribution in [0.5, 0.6) is 0 Å². The van der Waals surface area contributed by atoms with Crippen LogP contribution in [0.1, 0.15) is 45.2 Å². The van der Waals surface area contributed by atoms with Gasteiger partial charge in [-0.3, -0.25) is 13.9 Å². The minimum absolute atomic E-state index is 0.00442. The molecule has 3 aromatic rings. The molecule has 214 valence electrons. The molecule has 1 N–H and O–H groups in total. The zero-order valence-corrected chi connectivity index (χ0v) is 24.9. The molecule has 10 heteroatoms. The van der Waals surface area contributed by atoms with Gasteiger partial charge in [0.2, 0.25) is 11.8 Å². The van der Waals surface area contributed by atoms with Gasteiger partial charge >= 0.3 is 0 Å². The van der Waals surface area contributed by atoms with E-state index in [-0.39, 0.29) is 29.5 Å². The van der Waals surface area contributed by atoms with E-state index in [9.17, 15) is 22.4 Å². The van der Waals surface area contributed by atoms with E-state index in [2.05, 4.69) is 5.32 Å². The van der Waals surface area contributed by atoms with E-state index in [1.165, 1.54) is 41.3 Å². The highest BCUT2D eigenvalue weighted by Crippen LogP contribution is 2.31. The van der Waals surface area contributed by atoms with Crippen LogP contribution in [0.4, 0.5) is 10.1 Å². The fourth-order valence-electron chi connectivity index (χ4n) is 4.26. The molecule has 3 rings (SSSR count). The van der Waals surface area contributed by atoms with Crippen LogP contribution in [0.2, 0.25) is 5.02 Å². The Morgan fingerprint density at radius 2 is 1.60 bits per heavy atom. The summed E-state index contributed by atoms with van der Waals surface area (Å²) in [7, 11) is -4.20. The molecule has 0 radical (unpaired) electrons. The molecule has 0 saturated heterocycles. The molecule has 0 bridgehead atoms. The highest BCUT2D eigenvalue weighted by Gasteiger charge is 2.35. The number of halogens is 2. The number of rotatable bonds is 10. The number of benzene rings is 3. The summed E-state index contributed by atoms with van der Waals surface area (Å²) in [5, 5.41) is 3.26. The molecule has 0 fully saturated rings. The molecule has 0 aliphatic heterocycles. The average Bonchev–Trinajstić information content (AvgIpc) is 2.89. The van der Waals surface area contributed by atoms with Crippen LogP contribution >= 0.6 is 11.6 Å². The lowest BCUT2D eigenvalue weighted by Crippen LogP contribution is -2.55. The quantitative estimate of drug-likeness (QED) is 0.329. The third kappa shape index (κ3) is 7.61. The van der Waals surface area contributed by atoms with Gasteiger partial charge in [-0.05, 0) is 81.6 Å². The van der Waals surface area contributed by atoms with Crippen molar-refractivity contribution in [3.8, 4) is 0 Å². The number of carbonyl (C=O) groups is 2. The van der Waals surface area contributed by atoms with Crippen LogP contribution in [0, 0.1) is 12.7 Å². The maximum atomic E-state index is 14.1. The number of nitrogens with one attached hydrogen (secondary N) is 1. The van der Waals surface area contributed by atoms with Gasteiger partial charge in [-0.2, -0.15) is 0 Å². The second-order valence-electron chi connectivity index (χ2n) is 10.5. The van der Waals surface area contributed by atoms with Crippen molar-refractivity contribution < 1.29 is 22.4 Å². The van der Waals surface area contributed by atoms with Gasteiger partial charge in [0.15, 0.2) is 0 Å². The number of nitrogens with zero attached hydrogens (tertiary/aromatic N) is 2. The van der Waals surface area contributed by atoms with Gasteiger partial charge in [-0.15, -0.1) is 0 Å². The normalized spacial score (nSPS) is 12.5. The SMILES string of the molecule is CCC(C(=O)NC(C)(C)C)N(Cc1ccc(F)cc1)C(=O)CN(c1cccc(Cl)c1C)S(=O)(=O)c1ccccc1. The van der Waals surface area contributed by atoms with Gasteiger partial charge in [0, 0.05) is 17.1 Å². The molecule has 0 heterocycles. The predicted molar refractivity (Wildman–Crippen MR) is 156 cm³/mol. The molecule has 7 nitrogen and oxygen atoms in total. The number of sulfonamides is 1. The minimum Gasteiger partial charge on any atom is -0.350 e. The summed E-state index contributed by atoms with van der Waals surface area (Å²) in [5.74, 6) is -1.41. The number of hydrogen-bond donors (Lipinski definition) is 1. The predicted octanol–water partition coefficient (Wildman–Crippen LogP) is 5.70. The standard InChI is InChI=1S/C30H35ClFN3O4S/c1-6-26(29(37)33-30(3,4)5)34(19-22-15-17-23(32)18-16-22)28(36)20-35(27-14-10-13-25(31)21(27)2)40(38,39)24-11-8-7-9-12-24/h7-18,26H,6,19-20H2,1-5H3,(H,33,37). The van der Waals surface area contributed by atoms with E-state index in [1.54, 1.807) is 50.2 Å². The fourth-order valence-corrected chi connectivity index (χ4v) is 5.92. The molecule has 1 unspecified atom stereocenters. The van der Waals surface area contributed by atoms with Crippen LogP contribution in [0.25, 0.3) is 0 Å². The van der Waals surface area contributed by atoms with Crippen LogP contribution in [-0.2, 0) is 26.2 Å². The molecule has 40 heavy (non-hydrogen) atoms. The van der Waals surface area contributed by atoms with Crippen LogP contribution < -0.4 is 9.62 Å². The van der Waals surface area contributed by atoms with Crippen molar-refractivity contribution >= 4 is 39.1 Å². The van der Waals surface area contributed by atoms with Gasteiger partial charge in [0.1, 0.15) is 18.4 Å². The van der Waals surface area contributed by atoms with Gasteiger partial charge in [-0.1, -0.05) is 54.9 Å². The zero-order chi connectivity index (χ0) is 29.7. The summed E-state index contributed by atoms with van der Waals surface area (Å²) >= 11 is 6.35. The lowest BCUT2D eigenvalue weighted by atomic mass is 10.1. The first-order chi connectivity index (χ1) is 18.7. The van der Waals surface area contributed by atoms with Crippen LogP contribution in [0.3, 0.4) is 0 Å². The third-order valence-corrected chi connectivity index (χ3v) is 8.45. The fraction of sp³-hybridized carbons (Fsp3) is 0.333. The molecule has 0 aromatic heterocycles. The molecule has 0 spiro atoms. The first kappa shape index (κ1) is 31.1. The van der Waals surface area contributed by atoms with E-state index in [0.717, 1.165) is 4.31 Å². The van der Waals surface area contributed by atoms with Crippen molar-refractivity contribution in [3.63, 3.8) is 0 Å². The Kier molecular flexibility index (Phi) is 9.97. The van der Waals surface area contributed by atoms with Gasteiger partial charge < -0.3 is 10.2 Å². The Bertz CT molecular complexity index is 1440. The maximum absolute atomic E-state index is 14.1. The van der Waals surface area contributed by atoms with Crippen molar-refractivity contribution in [2.75, 3.05) is 10.8 Å². The van der Waals surface area contributed by atoms with Crippen LogP contribution in [-0.4, -0.2) is 43.3 Å². The first-order valence-corrected chi connectivity index (χ1v) is 14.7. The average molecular weight is 588 g/mol. The number of anilines is 1. The lowest BCUT2D eigenvalue weighted by molar-refractivity contribution is -0.141. The number of carbonyl (C=O) groups excluding carboxylic acids is 2. The Labute approximate surface area is 241 Å². The molecule has 0 saturated carbocycles. The van der Waals surface area contributed by atoms with Gasteiger partial charge in [-0.25, -0.2) is 12.8 Å². The summed E-state index contributed by atoms with van der Waals surface area (Å²) in [4.78, 5) is 28.8. The molecule has 0 aliphatic rings. The summed E-state index contributed by atoms with van der Waals surface area (Å²) in [6.45, 7) is 8.34. The zero-order valence-electron chi connectivity index (χ0n) is 23.3. The Morgan fingerprint density at radius 3 is 2.17 bits per heavy atom. The van der Waals surface area contributed by atoms with Crippen molar-refractivity contribution in [1.82, 2.24) is 10.2 Å². The summed E-state index contributed by atoms with van der Waals surface area (Å²) < 4.78 is 42.4. The van der Waals surface area contributed by atoms with E-state index < -0.39 is 39.9 Å². The first-order valence-electron chi connectivity index (χ1n) is 12.9. The molecular weight excluding hydrogens is 553 g/mol. The molecule has 2 amide bonds. The van der Waals surface area contributed by atoms with Gasteiger partial charge in [0.05, 0.1) is 10.6 Å². The monoisotopic (exact) mass is 587 g/mol. The molecule has 1 atom stereocenters. The summed E-state index contributed by atoms with van der Waals surface area (Å²) in [5.41, 5.74) is 0.765. The summed E-state index contributed by atoms with van der Waals surface area (Å²) in [6, 6.07) is 17.3. The molecule has 0 aliphatic carbocycles. The van der Waals surface area contributed by atoms with Crippen molar-refractivity contribution in [2.45, 2.75) is 64.1 Å². The van der Waals surface area contributed by atoms with E-state index in [4.69, 9.17) is 11.6 Å². The second kappa shape index (κ2) is 12.8. The smallest absolute Gasteiger partial charge is 0.264 e. The molecule has 3 aromatic carbocycles. The largest absolute Gasteiger partial charge is 0.350 e. The minimum atomic E-state index is -4.20. The van der Waals surface area contributed by atoms with Crippen molar-refractivity contribution in [1.29, 1.82) is 0 Å². The topological polar surface area (TPSA) is 86.8 Å². The molecular formula is C30H35ClFN3O4S. The maximum Gasteiger partial charge on any atom is 0.264 e. The lowest BCUT2D eigenvalue weighted by Gasteiger charge is -2.35. The Morgan fingerprint density at radius 1 is 0.975 bits per heavy atom. The number of hydrogen-bond acceptors (Lipinski definition) is 4. The van der Waals surface area contributed by atoms with Crippen molar-refractivity contribution in [2.24, 2.45) is 0 Å². The highest BCUT2D eigenvalue weighted by molar-refractivity contribution is 7.92. The summed E-state index contributed by atoms with van der Waals surface area (Å²) in [6.07, 6.45) is 0.274. The van der Waals surface area contributed by atoms with Crippen LogP contribution in [0.15, 0.2) is 77.7 Å². The van der Waals surface area contributed by atoms with Gasteiger partial charge in [0.25, 0.3) is 10.0 Å². The van der Waals surface area contributed by atoms with E-state index in [1.807, 2.05) is 20.8 Å². The van der Waals surface area contributed by atoms with E-state index >= 15 is 0 Å². The van der Waals surface area contributed by atoms with E-state index in [0.29, 0.717) is 16.1 Å². The van der Waals surface area contributed by atoms with Crippen molar-refractivity contribution in [3.05, 3.63) is 94.8 Å². The number of amides is 2.